The number of sulfone groups is 1. The summed E-state index contributed by atoms with van der Waals surface area (Å²) in [5, 5.41) is 11.7. The third-order valence-corrected chi connectivity index (χ3v) is 7.19. The van der Waals surface area contributed by atoms with E-state index in [1.165, 1.54) is 0 Å². The molecule has 21 heavy (non-hydrogen) atoms. The van der Waals surface area contributed by atoms with E-state index in [0.29, 0.717) is 13.0 Å². The van der Waals surface area contributed by atoms with Crippen LogP contribution in [0.2, 0.25) is 0 Å². The number of carbonyl (C=O) groups excluding carboxylic acids is 1. The zero-order valence-electron chi connectivity index (χ0n) is 11.9. The molecular weight excluding hydrogens is 316 g/mol. The number of carbonyl (C=O) groups is 2. The van der Waals surface area contributed by atoms with Gasteiger partial charge in [-0.3, -0.25) is 4.79 Å². The first-order valence-corrected chi connectivity index (χ1v) is 9.83. The topological polar surface area (TPSA) is 104 Å². The summed E-state index contributed by atoms with van der Waals surface area (Å²) in [5.74, 6) is -1.28. The minimum Gasteiger partial charge on any atom is -0.480 e. The van der Waals surface area contributed by atoms with Gasteiger partial charge in [0.1, 0.15) is 6.54 Å². The Morgan fingerprint density at radius 3 is 2.52 bits per heavy atom. The molecule has 0 aromatic rings. The molecule has 1 aliphatic heterocycles. The summed E-state index contributed by atoms with van der Waals surface area (Å²) < 4.78 is 23.1. The molecule has 0 spiro atoms. The van der Waals surface area contributed by atoms with Crippen molar-refractivity contribution in [3.63, 3.8) is 0 Å². The van der Waals surface area contributed by atoms with Crippen molar-refractivity contribution >= 4 is 33.6 Å². The molecule has 0 aromatic carbocycles. The summed E-state index contributed by atoms with van der Waals surface area (Å²) in [6, 6.07) is -1.03. The Morgan fingerprint density at radius 2 is 2.10 bits per heavy atom. The number of carboxylic acid groups (broad SMARTS) is 1. The van der Waals surface area contributed by atoms with Crippen molar-refractivity contribution < 1.29 is 23.1 Å². The van der Waals surface area contributed by atoms with E-state index in [0.717, 1.165) is 17.7 Å². The fraction of sp³-hybridized carbons (Fsp3) is 0.833. The quantitative estimate of drug-likeness (QED) is 0.716. The first kappa shape index (κ1) is 16.4. The van der Waals surface area contributed by atoms with Gasteiger partial charge in [0.25, 0.3) is 0 Å². The Morgan fingerprint density at radius 1 is 1.43 bits per heavy atom. The summed E-state index contributed by atoms with van der Waals surface area (Å²) >= 11 is 1.69. The maximum absolute atomic E-state index is 12.2. The van der Waals surface area contributed by atoms with Gasteiger partial charge in [-0.1, -0.05) is 0 Å². The van der Waals surface area contributed by atoms with Crippen LogP contribution in [0, 0.1) is 0 Å². The van der Waals surface area contributed by atoms with E-state index in [2.05, 4.69) is 5.32 Å². The van der Waals surface area contributed by atoms with Crippen molar-refractivity contribution in [1.82, 2.24) is 10.2 Å². The van der Waals surface area contributed by atoms with Crippen LogP contribution < -0.4 is 5.32 Å². The number of hydrogen-bond donors (Lipinski definition) is 2. The summed E-state index contributed by atoms with van der Waals surface area (Å²) in [7, 11) is -3.16. The van der Waals surface area contributed by atoms with Crippen molar-refractivity contribution in [2.75, 3.05) is 30.9 Å². The smallest absolute Gasteiger partial charge is 0.323 e. The molecule has 1 heterocycles. The summed E-state index contributed by atoms with van der Waals surface area (Å²) in [6.07, 6.45) is 4.35. The predicted octanol–water partition coefficient (Wildman–Crippen LogP) is 0.165. The Kier molecular flexibility index (Phi) is 4.72. The normalized spacial score (nSPS) is 25.3. The van der Waals surface area contributed by atoms with Crippen LogP contribution in [0.5, 0.6) is 0 Å². The van der Waals surface area contributed by atoms with Gasteiger partial charge < -0.3 is 15.3 Å². The Balaban J connectivity index is 1.98. The monoisotopic (exact) mass is 336 g/mol. The number of carboxylic acids is 1. The molecule has 9 heteroatoms. The van der Waals surface area contributed by atoms with Gasteiger partial charge in [0.15, 0.2) is 9.84 Å². The van der Waals surface area contributed by atoms with Crippen LogP contribution in [-0.2, 0) is 14.6 Å². The van der Waals surface area contributed by atoms with E-state index in [1.807, 2.05) is 6.26 Å². The minimum absolute atomic E-state index is 0.00974. The number of nitrogens with zero attached hydrogens (tertiary/aromatic N) is 1. The van der Waals surface area contributed by atoms with Gasteiger partial charge in [-0.05, 0) is 25.5 Å². The van der Waals surface area contributed by atoms with Gasteiger partial charge in [-0.2, -0.15) is 11.8 Å². The van der Waals surface area contributed by atoms with Crippen molar-refractivity contribution in [3.05, 3.63) is 0 Å². The molecule has 1 unspecified atom stereocenters. The molecule has 1 atom stereocenters. The fourth-order valence-corrected chi connectivity index (χ4v) is 4.92. The van der Waals surface area contributed by atoms with E-state index in [1.54, 1.807) is 11.8 Å². The average molecular weight is 336 g/mol. The van der Waals surface area contributed by atoms with Crippen molar-refractivity contribution in [1.29, 1.82) is 0 Å². The van der Waals surface area contributed by atoms with Crippen LogP contribution in [-0.4, -0.2) is 72.1 Å². The van der Waals surface area contributed by atoms with Crippen LogP contribution in [0.3, 0.4) is 0 Å². The molecule has 2 rings (SSSR count). The van der Waals surface area contributed by atoms with Crippen molar-refractivity contribution in [2.24, 2.45) is 0 Å². The Labute approximate surface area is 128 Å². The van der Waals surface area contributed by atoms with Gasteiger partial charge in [-0.15, -0.1) is 0 Å². The maximum atomic E-state index is 12.2. The molecule has 0 aromatic heterocycles. The van der Waals surface area contributed by atoms with E-state index in [4.69, 9.17) is 5.11 Å². The zero-order chi connectivity index (χ0) is 15.7. The van der Waals surface area contributed by atoms with Gasteiger partial charge in [0.2, 0.25) is 0 Å². The number of hydrogen-bond acceptors (Lipinski definition) is 5. The number of nitrogens with one attached hydrogen (secondary N) is 1. The molecule has 1 saturated heterocycles. The Hall–Kier alpha value is -0.960. The van der Waals surface area contributed by atoms with Crippen LogP contribution >= 0.6 is 11.8 Å². The highest BCUT2D eigenvalue weighted by atomic mass is 32.2. The van der Waals surface area contributed by atoms with E-state index in [-0.39, 0.29) is 16.3 Å². The molecule has 2 aliphatic rings. The summed E-state index contributed by atoms with van der Waals surface area (Å²) in [4.78, 5) is 24.3. The number of amides is 2. The van der Waals surface area contributed by atoms with Crippen molar-refractivity contribution in [3.8, 4) is 0 Å². The largest absolute Gasteiger partial charge is 0.480 e. The molecule has 120 valence electrons. The number of aliphatic carboxylic acids is 1. The van der Waals surface area contributed by atoms with Crippen molar-refractivity contribution in [2.45, 2.75) is 30.1 Å². The molecule has 7 nitrogen and oxygen atoms in total. The molecule has 0 radical (unpaired) electrons. The highest BCUT2D eigenvalue weighted by Crippen LogP contribution is 2.46. The molecule has 2 amide bonds. The minimum atomic E-state index is -3.16. The van der Waals surface area contributed by atoms with Crippen LogP contribution in [0.15, 0.2) is 0 Å². The van der Waals surface area contributed by atoms with E-state index >= 15 is 0 Å². The lowest BCUT2D eigenvalue weighted by Crippen LogP contribution is -2.50. The number of thioether (sulfide) groups is 1. The lowest BCUT2D eigenvalue weighted by atomic mass is 10.2. The van der Waals surface area contributed by atoms with E-state index < -0.39 is 34.4 Å². The van der Waals surface area contributed by atoms with Gasteiger partial charge >= 0.3 is 12.0 Å². The molecule has 2 fully saturated rings. The van der Waals surface area contributed by atoms with Crippen LogP contribution in [0.1, 0.15) is 19.3 Å². The highest BCUT2D eigenvalue weighted by Gasteiger charge is 2.43. The second-order valence-electron chi connectivity index (χ2n) is 5.62. The first-order valence-electron chi connectivity index (χ1n) is 6.79. The number of urea groups is 1. The SMILES string of the molecule is CSC1(CNC(=O)N(CC(=O)O)C2CCS(=O)(=O)C2)CC1. The lowest BCUT2D eigenvalue weighted by Gasteiger charge is -2.27. The third kappa shape index (κ3) is 4.26. The van der Waals surface area contributed by atoms with Gasteiger partial charge in [0, 0.05) is 17.3 Å². The Bertz CT molecular complexity index is 530. The standard InChI is InChI=1S/C12H20N2O5S2/c1-20-12(3-4-12)8-13-11(17)14(6-10(15)16)9-2-5-21(18,19)7-9/h9H,2-8H2,1H3,(H,13,17)(H,15,16). The molecule has 0 bridgehead atoms. The van der Waals surface area contributed by atoms with E-state index in [9.17, 15) is 18.0 Å². The molecule has 1 aliphatic carbocycles. The van der Waals surface area contributed by atoms with Crippen LogP contribution in [0.4, 0.5) is 4.79 Å². The highest BCUT2D eigenvalue weighted by molar-refractivity contribution is 8.00. The zero-order valence-corrected chi connectivity index (χ0v) is 13.5. The second-order valence-corrected chi connectivity index (χ2v) is 9.13. The maximum Gasteiger partial charge on any atom is 0.323 e. The summed E-state index contributed by atoms with van der Waals surface area (Å²) in [6.45, 7) is 0.0148. The summed E-state index contributed by atoms with van der Waals surface area (Å²) in [5.41, 5.74) is 0. The average Bonchev–Trinajstić information content (AvgIpc) is 3.11. The molecular formula is C12H20N2O5S2. The molecule has 1 saturated carbocycles. The van der Waals surface area contributed by atoms with Gasteiger partial charge in [0.05, 0.1) is 11.5 Å². The first-order chi connectivity index (χ1) is 9.77. The fourth-order valence-electron chi connectivity index (χ4n) is 2.46. The lowest BCUT2D eigenvalue weighted by molar-refractivity contribution is -0.138. The van der Waals surface area contributed by atoms with Crippen LogP contribution in [0.25, 0.3) is 0 Å². The second kappa shape index (κ2) is 6.04. The predicted molar refractivity (Wildman–Crippen MR) is 80.3 cm³/mol. The van der Waals surface area contributed by atoms with Gasteiger partial charge in [-0.25, -0.2) is 13.2 Å². The molecule has 2 N–H and O–H groups in total. The number of rotatable bonds is 6. The third-order valence-electron chi connectivity index (χ3n) is 4.02.